The summed E-state index contributed by atoms with van der Waals surface area (Å²) < 4.78 is 13.4. The highest BCUT2D eigenvalue weighted by Gasteiger charge is 2.15. The minimum absolute atomic E-state index is 0.0407. The van der Waals surface area contributed by atoms with E-state index >= 15 is 0 Å². The Hall–Kier alpha value is -2.56. The summed E-state index contributed by atoms with van der Waals surface area (Å²) in [7, 11) is 0. The fourth-order valence-corrected chi connectivity index (χ4v) is 1.41. The average Bonchev–Trinajstić information content (AvgIpc) is 2.30. The molecule has 0 radical (unpaired) electrons. The van der Waals surface area contributed by atoms with Gasteiger partial charge in [0.15, 0.2) is 0 Å². The van der Waals surface area contributed by atoms with Crippen LogP contribution in [0.4, 0.5) is 10.1 Å². The Kier molecular flexibility index (Phi) is 7.53. The highest BCUT2D eigenvalue weighted by atomic mass is 79.9. The van der Waals surface area contributed by atoms with Crippen molar-refractivity contribution >= 4 is 39.8 Å². The molecule has 9 nitrogen and oxygen atoms in total. The van der Waals surface area contributed by atoms with Gasteiger partial charge in [-0.2, -0.15) is 5.10 Å². The molecule has 0 bridgehead atoms. The number of rotatable bonds is 3. The van der Waals surface area contributed by atoms with Crippen molar-refractivity contribution in [2.75, 3.05) is 0 Å². The van der Waals surface area contributed by atoms with Gasteiger partial charge >= 0.3 is 0 Å². The summed E-state index contributed by atoms with van der Waals surface area (Å²) in [5.74, 6) is -1.81. The second-order valence-electron chi connectivity index (χ2n) is 3.37. The van der Waals surface area contributed by atoms with Crippen molar-refractivity contribution in [3.8, 4) is 0 Å². The van der Waals surface area contributed by atoms with E-state index in [1.165, 1.54) is 0 Å². The first kappa shape index (κ1) is 18.4. The van der Waals surface area contributed by atoms with Gasteiger partial charge in [-0.1, -0.05) is 0 Å². The highest BCUT2D eigenvalue weighted by Crippen LogP contribution is 2.27. The Bertz CT molecular complexity index is 597. The largest absolute Gasteiger partial charge is 0.481 e. The van der Waals surface area contributed by atoms with Gasteiger partial charge in [0.25, 0.3) is 11.7 Å². The lowest BCUT2D eigenvalue weighted by Crippen LogP contribution is -2.21. The molecule has 0 saturated heterocycles. The number of aliphatic carboxylic acids is 1. The number of carbonyl (C=O) groups is 1. The number of carboxylic acid groups (broad SMARTS) is 1. The van der Waals surface area contributed by atoms with Crippen LogP contribution in [-0.2, 0) is 4.79 Å². The molecule has 114 valence electrons. The van der Waals surface area contributed by atoms with Crippen molar-refractivity contribution in [2.45, 2.75) is 6.92 Å². The molecule has 0 aromatic heterocycles. The molecule has 1 aromatic carbocycles. The van der Waals surface area contributed by atoms with Crippen molar-refractivity contribution in [1.82, 2.24) is 0 Å². The first-order valence-electron chi connectivity index (χ1n) is 5.10. The topological polar surface area (TPSA) is 157 Å². The van der Waals surface area contributed by atoms with Crippen molar-refractivity contribution in [2.24, 2.45) is 21.7 Å². The molecule has 0 aliphatic heterocycles. The lowest BCUT2D eigenvalue weighted by Gasteiger charge is -1.99. The molecule has 0 aliphatic carbocycles. The molecule has 0 saturated carbocycles. The molecule has 5 N–H and O–H groups in total. The molecular weight excluding hydrogens is 353 g/mol. The third-order valence-corrected chi connectivity index (χ3v) is 2.27. The number of nitrogens with two attached hydrogens (primary N) is 2. The van der Waals surface area contributed by atoms with Gasteiger partial charge in [-0.05, 0) is 22.0 Å². The summed E-state index contributed by atoms with van der Waals surface area (Å²) in [6.07, 6.45) is 0.981. The number of halogens is 2. The van der Waals surface area contributed by atoms with E-state index in [0.29, 0.717) is 0 Å². The fraction of sp³-hybridized carbons (Fsp3) is 0.100. The number of nitro benzene ring substituents is 1. The first-order chi connectivity index (χ1) is 9.65. The number of nitrogens with zero attached hydrogens (tertiary/aromatic N) is 3. The number of carboxylic acids is 1. The Balaban J connectivity index is 0.000000885. The summed E-state index contributed by atoms with van der Waals surface area (Å²) in [5.41, 5.74) is 9.63. The predicted octanol–water partition coefficient (Wildman–Crippen LogP) is 1.19. The van der Waals surface area contributed by atoms with Crippen LogP contribution in [0, 0.1) is 15.9 Å². The molecule has 0 atom stereocenters. The Morgan fingerprint density at radius 2 is 2.05 bits per heavy atom. The maximum absolute atomic E-state index is 13.4. The van der Waals surface area contributed by atoms with E-state index in [-0.39, 0.29) is 21.7 Å². The molecule has 21 heavy (non-hydrogen) atoms. The van der Waals surface area contributed by atoms with Crippen LogP contribution in [0.1, 0.15) is 12.5 Å². The van der Waals surface area contributed by atoms with Gasteiger partial charge in [0.05, 0.1) is 15.6 Å². The maximum Gasteiger partial charge on any atom is 0.300 e. The van der Waals surface area contributed by atoms with Gasteiger partial charge in [-0.25, -0.2) is 4.39 Å². The summed E-state index contributed by atoms with van der Waals surface area (Å²) in [6, 6.07) is 1.99. The molecule has 0 heterocycles. The summed E-state index contributed by atoms with van der Waals surface area (Å²) >= 11 is 2.88. The third kappa shape index (κ3) is 7.57. The molecule has 1 rings (SSSR count). The average molecular weight is 364 g/mol. The minimum Gasteiger partial charge on any atom is -0.481 e. The summed E-state index contributed by atoms with van der Waals surface area (Å²) in [5, 5.41) is 24.6. The van der Waals surface area contributed by atoms with Crippen LogP contribution in [0.15, 0.2) is 26.8 Å². The standard InChI is InChI=1S/C8H7BrFN5O2.C2H4O2/c9-5-2-6(10)4(1-7(5)15(16)17)3-13-14-8(11)12;1-2(3)4/h1-3H,(H4,11,12,14);1H3,(H,3,4). The smallest absolute Gasteiger partial charge is 0.300 e. The van der Waals surface area contributed by atoms with Crippen molar-refractivity contribution < 1.29 is 19.2 Å². The number of guanidine groups is 1. The van der Waals surface area contributed by atoms with E-state index in [1.54, 1.807) is 0 Å². The van der Waals surface area contributed by atoms with Gasteiger partial charge in [-0.15, -0.1) is 5.10 Å². The molecule has 0 fully saturated rings. The second-order valence-corrected chi connectivity index (χ2v) is 4.23. The van der Waals surface area contributed by atoms with E-state index in [4.69, 9.17) is 21.4 Å². The van der Waals surface area contributed by atoms with E-state index in [9.17, 15) is 14.5 Å². The summed E-state index contributed by atoms with van der Waals surface area (Å²) in [4.78, 5) is 19.0. The van der Waals surface area contributed by atoms with Crippen LogP contribution >= 0.6 is 15.9 Å². The van der Waals surface area contributed by atoms with Gasteiger partial charge < -0.3 is 16.6 Å². The molecule has 0 amide bonds. The van der Waals surface area contributed by atoms with E-state index in [0.717, 1.165) is 25.3 Å². The zero-order valence-electron chi connectivity index (χ0n) is 10.7. The number of hydrogen-bond acceptors (Lipinski definition) is 5. The lowest BCUT2D eigenvalue weighted by molar-refractivity contribution is -0.385. The SMILES string of the molecule is CC(=O)O.NC(N)=NN=Cc1cc([N+](=O)[O-])c(Br)cc1F. The zero-order valence-corrected chi connectivity index (χ0v) is 12.2. The first-order valence-corrected chi connectivity index (χ1v) is 5.89. The van der Waals surface area contributed by atoms with Crippen LogP contribution in [0.2, 0.25) is 0 Å². The van der Waals surface area contributed by atoms with Gasteiger partial charge in [0, 0.05) is 18.6 Å². The fourth-order valence-electron chi connectivity index (χ4n) is 0.950. The van der Waals surface area contributed by atoms with Crippen LogP contribution in [0.25, 0.3) is 0 Å². The van der Waals surface area contributed by atoms with Gasteiger partial charge in [-0.3, -0.25) is 14.9 Å². The van der Waals surface area contributed by atoms with E-state index in [1.807, 2.05) is 0 Å². The van der Waals surface area contributed by atoms with Crippen LogP contribution in [0.3, 0.4) is 0 Å². The number of nitro groups is 1. The maximum atomic E-state index is 13.4. The lowest BCUT2D eigenvalue weighted by atomic mass is 10.2. The molecule has 0 aliphatic rings. The zero-order chi connectivity index (χ0) is 16.6. The summed E-state index contributed by atoms with van der Waals surface area (Å²) in [6.45, 7) is 1.08. The Morgan fingerprint density at radius 1 is 1.52 bits per heavy atom. The molecule has 11 heteroatoms. The van der Waals surface area contributed by atoms with Crippen molar-refractivity contribution in [3.63, 3.8) is 0 Å². The number of benzene rings is 1. The quantitative estimate of drug-likeness (QED) is 0.316. The minimum atomic E-state index is -0.833. The molecule has 0 unspecified atom stereocenters. The highest BCUT2D eigenvalue weighted by molar-refractivity contribution is 9.10. The van der Waals surface area contributed by atoms with Gasteiger partial charge in [0.1, 0.15) is 5.82 Å². The normalized spacial score (nSPS) is 9.67. The monoisotopic (exact) mass is 363 g/mol. The van der Waals surface area contributed by atoms with Crippen molar-refractivity contribution in [1.29, 1.82) is 0 Å². The van der Waals surface area contributed by atoms with Crippen LogP contribution in [-0.4, -0.2) is 28.2 Å². The molecular formula is C10H11BrFN5O4. The second kappa shape index (κ2) is 8.58. The Labute approximate surface area is 126 Å². The van der Waals surface area contributed by atoms with E-state index < -0.39 is 16.7 Å². The van der Waals surface area contributed by atoms with Crippen LogP contribution < -0.4 is 11.5 Å². The number of hydrogen-bond donors (Lipinski definition) is 3. The molecule has 0 spiro atoms. The van der Waals surface area contributed by atoms with Crippen molar-refractivity contribution in [3.05, 3.63) is 38.1 Å². The Morgan fingerprint density at radius 3 is 2.48 bits per heavy atom. The van der Waals surface area contributed by atoms with Crippen LogP contribution in [0.5, 0.6) is 0 Å². The predicted molar refractivity (Wildman–Crippen MR) is 77.5 cm³/mol. The van der Waals surface area contributed by atoms with E-state index in [2.05, 4.69) is 26.1 Å². The third-order valence-electron chi connectivity index (χ3n) is 1.63. The van der Waals surface area contributed by atoms with Gasteiger partial charge in [0.2, 0.25) is 5.96 Å². The molecule has 1 aromatic rings.